The Morgan fingerprint density at radius 2 is 1.92 bits per heavy atom. The summed E-state index contributed by atoms with van der Waals surface area (Å²) in [4.78, 5) is 28.5. The molecule has 0 saturated heterocycles. The lowest BCUT2D eigenvalue weighted by Gasteiger charge is -2.00. The van der Waals surface area contributed by atoms with E-state index in [0.717, 1.165) is 0 Å². The zero-order valence-electron chi connectivity index (χ0n) is 6.03. The Balaban J connectivity index is 3.12. The third kappa shape index (κ3) is 2.31. The molecule has 0 aliphatic heterocycles. The van der Waals surface area contributed by atoms with Gasteiger partial charge >= 0.3 is 5.97 Å². The largest absolute Gasteiger partial charge is 0.371 e. The number of rotatable bonds is 2. The lowest BCUT2D eigenvalue weighted by Crippen LogP contribution is -2.03. The first-order valence-electron chi connectivity index (χ1n) is 3.00. The lowest BCUT2D eigenvalue weighted by molar-refractivity contribution is 0.0506. The number of carbonyl (C=O) groups excluding carboxylic acids is 1. The molecular weight excluding hydrogens is 308 g/mol. The zero-order valence-corrected chi connectivity index (χ0v) is 9.20. The molecule has 0 atom stereocenters. The van der Waals surface area contributed by atoms with Crippen LogP contribution in [-0.4, -0.2) is 11.0 Å². The minimum Gasteiger partial charge on any atom is -0.279 e. The molecule has 0 amide bonds. The van der Waals surface area contributed by atoms with Crippen molar-refractivity contribution < 1.29 is 9.63 Å². The second kappa shape index (κ2) is 4.43. The van der Waals surface area contributed by atoms with E-state index in [1.807, 2.05) is 5.34 Å². The summed E-state index contributed by atoms with van der Waals surface area (Å²) in [6.07, 6.45) is 2.82. The number of pyridine rings is 1. The van der Waals surface area contributed by atoms with E-state index in [-0.39, 0.29) is 5.56 Å². The van der Waals surface area contributed by atoms with Crippen molar-refractivity contribution in [3.63, 3.8) is 0 Å². The van der Waals surface area contributed by atoms with Crippen LogP contribution < -0.4 is 0 Å². The van der Waals surface area contributed by atoms with Crippen molar-refractivity contribution in [2.45, 2.75) is 0 Å². The summed E-state index contributed by atoms with van der Waals surface area (Å²) in [5, 5.41) is 2.03. The number of carbonyl (C=O) groups is 1. The van der Waals surface area contributed by atoms with Crippen molar-refractivity contribution >= 4 is 37.8 Å². The van der Waals surface area contributed by atoms with Crippen molar-refractivity contribution in [2.24, 2.45) is 5.34 Å². The molecule has 0 spiro atoms. The second-order valence-corrected chi connectivity index (χ2v) is 3.64. The van der Waals surface area contributed by atoms with Crippen LogP contribution in [0.25, 0.3) is 0 Å². The van der Waals surface area contributed by atoms with Crippen molar-refractivity contribution in [1.82, 2.24) is 4.98 Å². The number of aromatic nitrogens is 1. The summed E-state index contributed by atoms with van der Waals surface area (Å²) in [7, 11) is 0. The monoisotopic (exact) mass is 308 g/mol. The van der Waals surface area contributed by atoms with Gasteiger partial charge in [0, 0.05) is 12.4 Å². The Kier molecular flexibility index (Phi) is 3.49. The van der Waals surface area contributed by atoms with Gasteiger partial charge in [0.25, 0.3) is 0 Å². The normalized spacial score (nSPS) is 9.38. The van der Waals surface area contributed by atoms with E-state index in [0.29, 0.717) is 8.95 Å². The van der Waals surface area contributed by atoms with Crippen LogP contribution in [0, 0.1) is 4.91 Å². The topological polar surface area (TPSA) is 68.6 Å². The Morgan fingerprint density at radius 1 is 1.38 bits per heavy atom. The Hall–Kier alpha value is -0.820. The maximum absolute atomic E-state index is 11.1. The molecule has 0 aliphatic rings. The van der Waals surface area contributed by atoms with Gasteiger partial charge in [-0.25, -0.2) is 4.79 Å². The van der Waals surface area contributed by atoms with Gasteiger partial charge in [0.15, 0.2) is 5.34 Å². The summed E-state index contributed by atoms with van der Waals surface area (Å²) >= 11 is 6.16. The summed E-state index contributed by atoms with van der Waals surface area (Å²) in [6, 6.07) is 0. The van der Waals surface area contributed by atoms with Crippen molar-refractivity contribution in [3.8, 4) is 0 Å². The minimum absolute atomic E-state index is 0.176. The van der Waals surface area contributed by atoms with E-state index in [9.17, 15) is 9.70 Å². The molecular formula is C6H2Br2N2O3. The minimum atomic E-state index is -0.837. The van der Waals surface area contributed by atoms with Crippen LogP contribution in [0.5, 0.6) is 0 Å². The predicted octanol–water partition coefficient (Wildman–Crippen LogP) is 2.44. The van der Waals surface area contributed by atoms with Crippen molar-refractivity contribution in [3.05, 3.63) is 31.8 Å². The maximum Gasteiger partial charge on any atom is 0.371 e. The first-order chi connectivity index (χ1) is 6.16. The molecule has 0 saturated carbocycles. The van der Waals surface area contributed by atoms with Crippen LogP contribution in [-0.2, 0) is 4.84 Å². The highest BCUT2D eigenvalue weighted by Crippen LogP contribution is 2.24. The highest BCUT2D eigenvalue weighted by Gasteiger charge is 2.16. The van der Waals surface area contributed by atoms with Gasteiger partial charge in [-0.2, -0.15) is 0 Å². The first kappa shape index (κ1) is 10.3. The molecule has 0 fully saturated rings. The highest BCUT2D eigenvalue weighted by molar-refractivity contribution is 9.11. The molecule has 5 nitrogen and oxygen atoms in total. The third-order valence-corrected chi connectivity index (χ3v) is 2.38. The van der Waals surface area contributed by atoms with Gasteiger partial charge in [-0.15, -0.1) is 4.91 Å². The lowest BCUT2D eigenvalue weighted by atomic mass is 10.3. The molecule has 13 heavy (non-hydrogen) atoms. The van der Waals surface area contributed by atoms with Crippen LogP contribution in [0.15, 0.2) is 26.7 Å². The van der Waals surface area contributed by atoms with Crippen LogP contribution >= 0.6 is 31.9 Å². The Bertz CT molecular complexity index is 335. The molecule has 0 bridgehead atoms. The first-order valence-corrected chi connectivity index (χ1v) is 4.58. The van der Waals surface area contributed by atoms with E-state index >= 15 is 0 Å². The molecule has 0 unspecified atom stereocenters. The van der Waals surface area contributed by atoms with Crippen LogP contribution in [0.2, 0.25) is 0 Å². The summed E-state index contributed by atoms with van der Waals surface area (Å²) in [5.74, 6) is -0.837. The number of hydrogen-bond donors (Lipinski definition) is 0. The van der Waals surface area contributed by atoms with E-state index in [2.05, 4.69) is 41.7 Å². The smallest absolute Gasteiger partial charge is 0.279 e. The van der Waals surface area contributed by atoms with E-state index in [4.69, 9.17) is 0 Å². The van der Waals surface area contributed by atoms with Gasteiger partial charge in [0.1, 0.15) is 0 Å². The van der Waals surface area contributed by atoms with Gasteiger partial charge in [-0.05, 0) is 31.9 Å². The highest BCUT2D eigenvalue weighted by atomic mass is 79.9. The number of halogens is 2. The van der Waals surface area contributed by atoms with Gasteiger partial charge < -0.3 is 0 Å². The Labute approximate surface area is 89.7 Å². The molecule has 0 aliphatic carbocycles. The second-order valence-electron chi connectivity index (χ2n) is 1.93. The summed E-state index contributed by atoms with van der Waals surface area (Å²) < 4.78 is 0.853. The van der Waals surface area contributed by atoms with Crippen LogP contribution in [0.3, 0.4) is 0 Å². The Morgan fingerprint density at radius 3 is 2.38 bits per heavy atom. The molecule has 0 radical (unpaired) electrons. The van der Waals surface area contributed by atoms with Crippen molar-refractivity contribution in [1.29, 1.82) is 0 Å². The SMILES string of the molecule is O=NOC(=O)c1c(Br)cncc1Br. The molecule has 1 aromatic rings. The third-order valence-electron chi connectivity index (χ3n) is 1.18. The molecule has 68 valence electrons. The quantitative estimate of drug-likeness (QED) is 0.621. The summed E-state index contributed by atoms with van der Waals surface area (Å²) in [5.41, 5.74) is 0.176. The standard InChI is InChI=1S/C6H2Br2N2O3/c7-3-1-9-2-4(8)5(3)6(11)13-10-12/h1-2H. The van der Waals surface area contributed by atoms with E-state index < -0.39 is 5.97 Å². The molecule has 0 N–H and O–H groups in total. The molecule has 1 aromatic heterocycles. The molecule has 0 aromatic carbocycles. The molecule has 1 rings (SSSR count). The summed E-state index contributed by atoms with van der Waals surface area (Å²) in [6.45, 7) is 0. The molecule has 7 heteroatoms. The fourth-order valence-corrected chi connectivity index (χ4v) is 1.94. The van der Waals surface area contributed by atoms with Gasteiger partial charge in [-0.1, -0.05) is 0 Å². The number of hydrogen-bond acceptors (Lipinski definition) is 5. The van der Waals surface area contributed by atoms with Crippen LogP contribution in [0.4, 0.5) is 0 Å². The van der Waals surface area contributed by atoms with Crippen molar-refractivity contribution in [2.75, 3.05) is 0 Å². The van der Waals surface area contributed by atoms with Gasteiger partial charge in [-0.3, -0.25) is 9.82 Å². The average Bonchev–Trinajstić information content (AvgIpc) is 2.04. The van der Waals surface area contributed by atoms with Crippen LogP contribution in [0.1, 0.15) is 10.4 Å². The zero-order chi connectivity index (χ0) is 9.84. The van der Waals surface area contributed by atoms with E-state index in [1.165, 1.54) is 12.4 Å². The molecule has 1 heterocycles. The van der Waals surface area contributed by atoms with E-state index in [1.54, 1.807) is 0 Å². The maximum atomic E-state index is 11.1. The fourth-order valence-electron chi connectivity index (χ4n) is 0.686. The van der Waals surface area contributed by atoms with Gasteiger partial charge in [0.05, 0.1) is 14.5 Å². The predicted molar refractivity (Wildman–Crippen MR) is 50.8 cm³/mol. The fraction of sp³-hybridized carbons (Fsp3) is 0. The van der Waals surface area contributed by atoms with Gasteiger partial charge in [0.2, 0.25) is 0 Å². The average molecular weight is 310 g/mol. The number of nitrogens with zero attached hydrogens (tertiary/aromatic N) is 2.